The molecule has 0 aromatic rings. The molecule has 0 amide bonds. The largest absolute Gasteiger partial charge is 0.389 e. The molecule has 0 saturated carbocycles. The lowest BCUT2D eigenvalue weighted by Crippen LogP contribution is -2.39. The van der Waals surface area contributed by atoms with E-state index in [1.54, 1.807) is 14.2 Å². The fourth-order valence-corrected chi connectivity index (χ4v) is 1.11. The Morgan fingerprint density at radius 3 is 2.43 bits per heavy atom. The van der Waals surface area contributed by atoms with E-state index in [9.17, 15) is 5.11 Å². The first-order valence-electron chi connectivity index (χ1n) is 5.03. The van der Waals surface area contributed by atoms with Crippen LogP contribution >= 0.6 is 0 Å². The molecule has 0 aromatic carbocycles. The molecule has 0 aliphatic heterocycles. The first-order chi connectivity index (χ1) is 6.62. The van der Waals surface area contributed by atoms with Crippen LogP contribution in [0.25, 0.3) is 0 Å². The highest BCUT2D eigenvalue weighted by molar-refractivity contribution is 4.74. The maximum absolute atomic E-state index is 9.83. The van der Waals surface area contributed by atoms with Crippen molar-refractivity contribution < 1.29 is 14.6 Å². The van der Waals surface area contributed by atoms with Gasteiger partial charge in [-0.2, -0.15) is 0 Å². The lowest BCUT2D eigenvalue weighted by molar-refractivity contribution is 0.0247. The fraction of sp³-hybridized carbons (Fsp3) is 1.00. The summed E-state index contributed by atoms with van der Waals surface area (Å²) in [5.41, 5.74) is -0.677. The zero-order valence-corrected chi connectivity index (χ0v) is 9.51. The third-order valence-corrected chi connectivity index (χ3v) is 2.05. The van der Waals surface area contributed by atoms with Crippen LogP contribution in [0.3, 0.4) is 0 Å². The minimum Gasteiger partial charge on any atom is -0.389 e. The van der Waals surface area contributed by atoms with Crippen molar-refractivity contribution in [1.29, 1.82) is 0 Å². The van der Waals surface area contributed by atoms with E-state index in [-0.39, 0.29) is 0 Å². The van der Waals surface area contributed by atoms with Crippen LogP contribution in [0.1, 0.15) is 19.8 Å². The zero-order chi connectivity index (χ0) is 10.9. The molecule has 14 heavy (non-hydrogen) atoms. The monoisotopic (exact) mass is 205 g/mol. The van der Waals surface area contributed by atoms with Crippen molar-refractivity contribution in [2.75, 3.05) is 40.5 Å². The van der Waals surface area contributed by atoms with E-state index in [4.69, 9.17) is 9.47 Å². The number of hydrogen-bond acceptors (Lipinski definition) is 4. The van der Waals surface area contributed by atoms with Crippen molar-refractivity contribution in [3.05, 3.63) is 0 Å². The molecule has 0 aromatic heterocycles. The number of nitrogens with one attached hydrogen (secondary N) is 1. The van der Waals surface area contributed by atoms with Crippen LogP contribution in [-0.2, 0) is 9.47 Å². The average Bonchev–Trinajstić information content (AvgIpc) is 2.15. The van der Waals surface area contributed by atoms with Crippen LogP contribution < -0.4 is 5.32 Å². The van der Waals surface area contributed by atoms with Crippen LogP contribution in [0, 0.1) is 0 Å². The van der Waals surface area contributed by atoms with Crippen LogP contribution in [0.5, 0.6) is 0 Å². The zero-order valence-electron chi connectivity index (χ0n) is 9.51. The van der Waals surface area contributed by atoms with Crippen molar-refractivity contribution in [3.63, 3.8) is 0 Å². The van der Waals surface area contributed by atoms with Gasteiger partial charge in [-0.05, 0) is 19.9 Å². The highest BCUT2D eigenvalue weighted by Crippen LogP contribution is 2.07. The number of ether oxygens (including phenoxy) is 2. The standard InChI is InChI=1S/C10H23NO3/c1-10(12,5-8-14-3)9-11-6-4-7-13-2/h11-12H,4-9H2,1-3H3. The summed E-state index contributed by atoms with van der Waals surface area (Å²) in [6, 6.07) is 0. The summed E-state index contributed by atoms with van der Waals surface area (Å²) in [6.45, 7) is 4.63. The lowest BCUT2D eigenvalue weighted by atomic mass is 10.0. The van der Waals surface area contributed by atoms with Crippen LogP contribution in [0.15, 0.2) is 0 Å². The van der Waals surface area contributed by atoms with E-state index in [0.29, 0.717) is 19.6 Å². The van der Waals surface area contributed by atoms with Gasteiger partial charge in [-0.3, -0.25) is 0 Å². The van der Waals surface area contributed by atoms with E-state index in [2.05, 4.69) is 5.32 Å². The summed E-state index contributed by atoms with van der Waals surface area (Å²) in [5.74, 6) is 0. The summed E-state index contributed by atoms with van der Waals surface area (Å²) < 4.78 is 9.83. The fourth-order valence-electron chi connectivity index (χ4n) is 1.11. The quantitative estimate of drug-likeness (QED) is 0.535. The normalized spacial score (nSPS) is 15.4. The van der Waals surface area contributed by atoms with Gasteiger partial charge in [0.25, 0.3) is 0 Å². The minimum absolute atomic E-state index is 0.590. The van der Waals surface area contributed by atoms with Gasteiger partial charge in [0, 0.05) is 40.4 Å². The summed E-state index contributed by atoms with van der Waals surface area (Å²) in [4.78, 5) is 0. The predicted molar refractivity (Wildman–Crippen MR) is 56.5 cm³/mol. The second kappa shape index (κ2) is 8.17. The molecule has 4 nitrogen and oxygen atoms in total. The van der Waals surface area contributed by atoms with Crippen LogP contribution in [-0.4, -0.2) is 51.2 Å². The maximum atomic E-state index is 9.83. The Morgan fingerprint density at radius 2 is 1.86 bits per heavy atom. The summed E-state index contributed by atoms with van der Waals surface area (Å²) in [6.07, 6.45) is 1.62. The van der Waals surface area contributed by atoms with Gasteiger partial charge in [-0.1, -0.05) is 0 Å². The molecule has 0 heterocycles. The molecule has 0 spiro atoms. The van der Waals surface area contributed by atoms with Crippen LogP contribution in [0.4, 0.5) is 0 Å². The van der Waals surface area contributed by atoms with E-state index >= 15 is 0 Å². The molecule has 0 bridgehead atoms. The lowest BCUT2D eigenvalue weighted by Gasteiger charge is -2.23. The molecule has 0 aliphatic carbocycles. The van der Waals surface area contributed by atoms with E-state index in [0.717, 1.165) is 19.6 Å². The smallest absolute Gasteiger partial charge is 0.0765 e. The van der Waals surface area contributed by atoms with Crippen molar-refractivity contribution in [3.8, 4) is 0 Å². The topological polar surface area (TPSA) is 50.7 Å². The van der Waals surface area contributed by atoms with Crippen molar-refractivity contribution in [2.45, 2.75) is 25.4 Å². The van der Waals surface area contributed by atoms with Gasteiger partial charge in [-0.15, -0.1) is 0 Å². The third-order valence-electron chi connectivity index (χ3n) is 2.05. The minimum atomic E-state index is -0.677. The van der Waals surface area contributed by atoms with Gasteiger partial charge in [0.05, 0.1) is 5.60 Å². The Balaban J connectivity index is 3.35. The van der Waals surface area contributed by atoms with E-state index in [1.165, 1.54) is 0 Å². The summed E-state index contributed by atoms with van der Waals surface area (Å²) >= 11 is 0. The molecule has 0 saturated heterocycles. The Morgan fingerprint density at radius 1 is 1.21 bits per heavy atom. The Bertz CT molecular complexity index is 129. The highest BCUT2D eigenvalue weighted by Gasteiger charge is 2.18. The first-order valence-corrected chi connectivity index (χ1v) is 5.03. The summed E-state index contributed by atoms with van der Waals surface area (Å²) in [5, 5.41) is 13.0. The number of hydrogen-bond donors (Lipinski definition) is 2. The highest BCUT2D eigenvalue weighted by atomic mass is 16.5. The van der Waals surface area contributed by atoms with Gasteiger partial charge in [0.15, 0.2) is 0 Å². The Hall–Kier alpha value is -0.160. The molecule has 4 heteroatoms. The molecule has 1 unspecified atom stereocenters. The van der Waals surface area contributed by atoms with Crippen molar-refractivity contribution in [2.24, 2.45) is 0 Å². The molecule has 0 fully saturated rings. The second-order valence-electron chi connectivity index (χ2n) is 3.76. The van der Waals surface area contributed by atoms with Crippen LogP contribution in [0.2, 0.25) is 0 Å². The molecule has 2 N–H and O–H groups in total. The van der Waals surface area contributed by atoms with Gasteiger partial charge in [-0.25, -0.2) is 0 Å². The first kappa shape index (κ1) is 13.8. The SMILES string of the molecule is COCCCNCC(C)(O)CCOC. The summed E-state index contributed by atoms with van der Waals surface area (Å²) in [7, 11) is 3.33. The van der Waals surface area contributed by atoms with Crippen molar-refractivity contribution in [1.82, 2.24) is 5.32 Å². The Kier molecular flexibility index (Phi) is 8.08. The molecule has 0 radical (unpaired) electrons. The Labute approximate surface area is 86.6 Å². The predicted octanol–water partition coefficient (Wildman–Crippen LogP) is 0.400. The van der Waals surface area contributed by atoms with Gasteiger partial charge in [0.2, 0.25) is 0 Å². The molecule has 86 valence electrons. The molecule has 1 atom stereocenters. The van der Waals surface area contributed by atoms with Gasteiger partial charge < -0.3 is 19.9 Å². The molecular weight excluding hydrogens is 182 g/mol. The maximum Gasteiger partial charge on any atom is 0.0765 e. The van der Waals surface area contributed by atoms with Gasteiger partial charge >= 0.3 is 0 Å². The second-order valence-corrected chi connectivity index (χ2v) is 3.76. The van der Waals surface area contributed by atoms with Crippen molar-refractivity contribution >= 4 is 0 Å². The van der Waals surface area contributed by atoms with E-state index < -0.39 is 5.60 Å². The number of aliphatic hydroxyl groups is 1. The molecule has 0 aliphatic rings. The number of rotatable bonds is 9. The average molecular weight is 205 g/mol. The molecular formula is C10H23NO3. The van der Waals surface area contributed by atoms with E-state index in [1.807, 2.05) is 6.92 Å². The number of methoxy groups -OCH3 is 2. The van der Waals surface area contributed by atoms with Gasteiger partial charge in [0.1, 0.15) is 0 Å². The third kappa shape index (κ3) is 8.44. The molecule has 0 rings (SSSR count).